The molecule has 8 nitrogen and oxygen atoms in total. The maximum absolute atomic E-state index is 13.2. The molecule has 1 saturated heterocycles. The van der Waals surface area contributed by atoms with Crippen LogP contribution in [0.2, 0.25) is 0 Å². The summed E-state index contributed by atoms with van der Waals surface area (Å²) in [5.41, 5.74) is 3.30. The van der Waals surface area contributed by atoms with Gasteiger partial charge in [0.1, 0.15) is 17.1 Å². The first-order valence-corrected chi connectivity index (χ1v) is 11.3. The van der Waals surface area contributed by atoms with Crippen LogP contribution in [0.4, 0.5) is 0 Å². The zero-order valence-electron chi connectivity index (χ0n) is 19.9. The minimum absolute atomic E-state index is 0.0208. The SMILES string of the molecule is CCCOc1ccc(C2/C(=C(\O)c3nc4c(C)cccn4c3C)C(=O)C(=O)N2CCOC)cc1. The number of imidazole rings is 1. The van der Waals surface area contributed by atoms with Gasteiger partial charge in [0.25, 0.3) is 11.7 Å². The Hall–Kier alpha value is -3.65. The van der Waals surface area contributed by atoms with Crippen LogP contribution in [0.3, 0.4) is 0 Å². The first kappa shape index (κ1) is 23.5. The number of fused-ring (bicyclic) bond motifs is 1. The molecule has 0 saturated carbocycles. The molecule has 1 N–H and O–H groups in total. The van der Waals surface area contributed by atoms with Crippen molar-refractivity contribution in [2.45, 2.75) is 33.2 Å². The zero-order valence-corrected chi connectivity index (χ0v) is 19.9. The van der Waals surface area contributed by atoms with Crippen molar-refractivity contribution in [2.24, 2.45) is 0 Å². The molecule has 2 aromatic heterocycles. The fourth-order valence-electron chi connectivity index (χ4n) is 4.29. The number of amides is 1. The Morgan fingerprint density at radius 3 is 2.50 bits per heavy atom. The van der Waals surface area contributed by atoms with Gasteiger partial charge in [0.15, 0.2) is 5.76 Å². The van der Waals surface area contributed by atoms with Gasteiger partial charge in [-0.1, -0.05) is 25.1 Å². The minimum atomic E-state index is -0.763. The topological polar surface area (TPSA) is 93.4 Å². The highest BCUT2D eigenvalue weighted by atomic mass is 16.5. The first-order valence-electron chi connectivity index (χ1n) is 11.3. The monoisotopic (exact) mass is 463 g/mol. The summed E-state index contributed by atoms with van der Waals surface area (Å²) in [6.07, 6.45) is 2.74. The number of likely N-dealkylation sites (tertiary alicyclic amines) is 1. The molecule has 4 rings (SSSR count). The van der Waals surface area contributed by atoms with Gasteiger partial charge in [-0.25, -0.2) is 4.98 Å². The van der Waals surface area contributed by atoms with Crippen molar-refractivity contribution in [1.82, 2.24) is 14.3 Å². The number of methoxy groups -OCH3 is 1. The number of ether oxygens (including phenoxy) is 2. The molecule has 1 aliphatic rings. The number of benzene rings is 1. The van der Waals surface area contributed by atoms with Crippen LogP contribution in [0.1, 0.15) is 41.9 Å². The van der Waals surface area contributed by atoms with Gasteiger partial charge in [0, 0.05) is 19.9 Å². The predicted octanol–water partition coefficient (Wildman–Crippen LogP) is 3.81. The summed E-state index contributed by atoms with van der Waals surface area (Å²) in [6, 6.07) is 10.3. The number of carbonyl (C=O) groups excluding carboxylic acids is 2. The third-order valence-electron chi connectivity index (χ3n) is 6.05. The van der Waals surface area contributed by atoms with E-state index in [9.17, 15) is 14.7 Å². The van der Waals surface area contributed by atoms with E-state index in [1.807, 2.05) is 55.6 Å². The van der Waals surface area contributed by atoms with Crippen molar-refractivity contribution in [3.8, 4) is 5.75 Å². The number of nitrogens with zero attached hydrogens (tertiary/aromatic N) is 3. The second kappa shape index (κ2) is 9.69. The normalized spacial score (nSPS) is 17.6. The molecule has 0 aliphatic carbocycles. The van der Waals surface area contributed by atoms with Gasteiger partial charge in [-0.3, -0.25) is 9.59 Å². The van der Waals surface area contributed by atoms with Gasteiger partial charge in [0.05, 0.1) is 30.5 Å². The number of aliphatic hydroxyl groups is 1. The highest BCUT2D eigenvalue weighted by molar-refractivity contribution is 6.46. The van der Waals surface area contributed by atoms with Gasteiger partial charge in [-0.05, 0) is 49.6 Å². The van der Waals surface area contributed by atoms with E-state index < -0.39 is 17.7 Å². The summed E-state index contributed by atoms with van der Waals surface area (Å²) >= 11 is 0. The van der Waals surface area contributed by atoms with Crippen molar-refractivity contribution in [3.05, 3.63) is 70.7 Å². The number of carbonyl (C=O) groups is 2. The van der Waals surface area contributed by atoms with Gasteiger partial charge in [-0.15, -0.1) is 0 Å². The van der Waals surface area contributed by atoms with Crippen LogP contribution >= 0.6 is 0 Å². The number of aromatic nitrogens is 2. The Morgan fingerprint density at radius 1 is 1.12 bits per heavy atom. The number of pyridine rings is 1. The van der Waals surface area contributed by atoms with Crippen molar-refractivity contribution in [2.75, 3.05) is 26.9 Å². The van der Waals surface area contributed by atoms with E-state index in [4.69, 9.17) is 9.47 Å². The van der Waals surface area contributed by atoms with E-state index in [-0.39, 0.29) is 30.2 Å². The predicted molar refractivity (Wildman–Crippen MR) is 128 cm³/mol. The Kier molecular flexibility index (Phi) is 6.70. The average molecular weight is 464 g/mol. The van der Waals surface area contributed by atoms with Crippen LogP contribution < -0.4 is 4.74 Å². The maximum Gasteiger partial charge on any atom is 0.295 e. The molecule has 3 heterocycles. The molecular weight excluding hydrogens is 434 g/mol. The Labute approximate surface area is 198 Å². The number of rotatable bonds is 8. The summed E-state index contributed by atoms with van der Waals surface area (Å²) in [4.78, 5) is 32.2. The molecule has 1 amide bonds. The molecule has 3 aromatic rings. The van der Waals surface area contributed by atoms with Crippen molar-refractivity contribution >= 4 is 23.1 Å². The van der Waals surface area contributed by atoms with E-state index in [1.54, 1.807) is 12.1 Å². The van der Waals surface area contributed by atoms with E-state index in [0.717, 1.165) is 12.0 Å². The third-order valence-corrected chi connectivity index (χ3v) is 6.05. The summed E-state index contributed by atoms with van der Waals surface area (Å²) in [7, 11) is 1.54. The van der Waals surface area contributed by atoms with Crippen LogP contribution in [0.5, 0.6) is 5.75 Å². The molecule has 0 spiro atoms. The lowest BCUT2D eigenvalue weighted by Gasteiger charge is -2.25. The molecule has 1 fully saturated rings. The molecule has 1 unspecified atom stereocenters. The zero-order chi connectivity index (χ0) is 24.4. The van der Waals surface area contributed by atoms with E-state index in [1.165, 1.54) is 12.0 Å². The number of ketones is 1. The van der Waals surface area contributed by atoms with Crippen LogP contribution in [-0.4, -0.2) is 57.9 Å². The lowest BCUT2D eigenvalue weighted by Crippen LogP contribution is -2.32. The molecule has 0 bridgehead atoms. The van der Waals surface area contributed by atoms with E-state index in [0.29, 0.717) is 29.3 Å². The third kappa shape index (κ3) is 4.05. The van der Waals surface area contributed by atoms with Gasteiger partial charge in [-0.2, -0.15) is 0 Å². The molecule has 1 aromatic carbocycles. The van der Waals surface area contributed by atoms with E-state index >= 15 is 0 Å². The number of hydrogen-bond acceptors (Lipinski definition) is 6. The van der Waals surface area contributed by atoms with Crippen LogP contribution in [0, 0.1) is 13.8 Å². The second-order valence-electron chi connectivity index (χ2n) is 8.33. The molecular formula is C26H29N3O5. The van der Waals surface area contributed by atoms with Gasteiger partial charge in [0.2, 0.25) is 0 Å². The Bertz CT molecular complexity index is 1260. The molecule has 1 aliphatic heterocycles. The first-order chi connectivity index (χ1) is 16.4. The number of aliphatic hydroxyl groups excluding tert-OH is 1. The fourth-order valence-corrected chi connectivity index (χ4v) is 4.29. The summed E-state index contributed by atoms with van der Waals surface area (Å²) in [6.45, 7) is 6.84. The van der Waals surface area contributed by atoms with Crippen LogP contribution in [0.15, 0.2) is 48.2 Å². The Balaban J connectivity index is 1.85. The fraction of sp³-hybridized carbons (Fsp3) is 0.346. The average Bonchev–Trinajstić information content (AvgIpc) is 3.31. The lowest BCUT2D eigenvalue weighted by molar-refractivity contribution is -0.140. The molecule has 8 heteroatoms. The molecule has 178 valence electrons. The number of aryl methyl sites for hydroxylation is 2. The highest BCUT2D eigenvalue weighted by Gasteiger charge is 2.46. The Morgan fingerprint density at radius 2 is 1.85 bits per heavy atom. The van der Waals surface area contributed by atoms with Crippen molar-refractivity contribution < 1.29 is 24.2 Å². The van der Waals surface area contributed by atoms with Crippen LogP contribution in [0.25, 0.3) is 11.4 Å². The number of hydrogen-bond donors (Lipinski definition) is 1. The molecule has 0 radical (unpaired) electrons. The maximum atomic E-state index is 13.2. The van der Waals surface area contributed by atoms with E-state index in [2.05, 4.69) is 4.98 Å². The van der Waals surface area contributed by atoms with Crippen molar-refractivity contribution in [1.29, 1.82) is 0 Å². The van der Waals surface area contributed by atoms with Gasteiger partial charge < -0.3 is 23.9 Å². The molecule has 1 atom stereocenters. The standard InChI is InChI=1S/C26H29N3O5/c1-5-14-34-19-10-8-18(9-11-19)22-20(24(31)26(32)29(22)13-15-33-4)23(30)21-17(3)28-12-6-7-16(2)25(28)27-21/h6-12,22,30H,5,13-15H2,1-4H3/b23-20+. The summed E-state index contributed by atoms with van der Waals surface area (Å²) in [5, 5.41) is 11.4. The quantitative estimate of drug-likeness (QED) is 0.310. The van der Waals surface area contributed by atoms with Crippen molar-refractivity contribution in [3.63, 3.8) is 0 Å². The smallest absolute Gasteiger partial charge is 0.295 e. The highest BCUT2D eigenvalue weighted by Crippen LogP contribution is 2.40. The second-order valence-corrected chi connectivity index (χ2v) is 8.33. The van der Waals surface area contributed by atoms with Gasteiger partial charge >= 0.3 is 0 Å². The summed E-state index contributed by atoms with van der Waals surface area (Å²) < 4.78 is 12.7. The minimum Gasteiger partial charge on any atom is -0.505 e. The number of Topliss-reactive ketones (excluding diaryl/α,β-unsaturated/α-hetero) is 1. The summed E-state index contributed by atoms with van der Waals surface area (Å²) in [5.74, 6) is -0.994. The molecule has 34 heavy (non-hydrogen) atoms. The largest absolute Gasteiger partial charge is 0.505 e. The van der Waals surface area contributed by atoms with Crippen LogP contribution in [-0.2, 0) is 14.3 Å². The lowest BCUT2D eigenvalue weighted by atomic mass is 9.96.